The summed E-state index contributed by atoms with van der Waals surface area (Å²) >= 11 is 0. The van der Waals surface area contributed by atoms with Gasteiger partial charge in [-0.25, -0.2) is 0 Å². The average Bonchev–Trinajstić information content (AvgIpc) is 3.03. The number of ether oxygens (including phenoxy) is 6. The lowest BCUT2D eigenvalue weighted by molar-refractivity contribution is -0.399. The molecule has 1 aromatic rings. The first kappa shape index (κ1) is 49.3. The Morgan fingerprint density at radius 1 is 0.435 bits per heavy atom. The van der Waals surface area contributed by atoms with Gasteiger partial charge in [0.15, 0.2) is 0 Å². The van der Waals surface area contributed by atoms with E-state index in [1.165, 1.54) is 0 Å². The maximum atomic E-state index is 15.1. The summed E-state index contributed by atoms with van der Waals surface area (Å²) in [7, 11) is 0. The van der Waals surface area contributed by atoms with E-state index in [-0.39, 0.29) is 11.1 Å². The lowest BCUT2D eigenvalue weighted by Crippen LogP contribution is -2.67. The van der Waals surface area contributed by atoms with Crippen LogP contribution in [0.2, 0.25) is 0 Å². The van der Waals surface area contributed by atoms with Crippen molar-refractivity contribution in [2.75, 3.05) is 10.6 Å². The van der Waals surface area contributed by atoms with Crippen LogP contribution in [0.3, 0.4) is 0 Å². The molecule has 62 heavy (non-hydrogen) atoms. The molecule has 4 heterocycles. The van der Waals surface area contributed by atoms with Crippen LogP contribution in [0.15, 0.2) is 70.6 Å². The summed E-state index contributed by atoms with van der Waals surface area (Å²) in [6, 6.07) is 7.09. The lowest BCUT2D eigenvalue weighted by atomic mass is 9.71. The van der Waals surface area contributed by atoms with Gasteiger partial charge in [-0.15, -0.1) is 0 Å². The van der Waals surface area contributed by atoms with E-state index in [9.17, 15) is 0 Å². The Morgan fingerprint density at radius 2 is 0.742 bits per heavy atom. The van der Waals surface area contributed by atoms with Gasteiger partial charge in [-0.2, -0.15) is 0 Å². The molecule has 0 saturated carbocycles. The van der Waals surface area contributed by atoms with Gasteiger partial charge in [-0.1, -0.05) is 172 Å². The predicted molar refractivity (Wildman–Crippen MR) is 247 cm³/mol. The number of hydrogen-bond acceptors (Lipinski definition) is 8. The van der Waals surface area contributed by atoms with Crippen LogP contribution in [0.5, 0.6) is 0 Å². The van der Waals surface area contributed by atoms with E-state index >= 15 is 9.59 Å². The van der Waals surface area contributed by atoms with Gasteiger partial charge in [0.2, 0.25) is 11.6 Å². The average molecular weight is 861 g/mol. The van der Waals surface area contributed by atoms with Gasteiger partial charge in [0, 0.05) is 66.8 Å². The third kappa shape index (κ3) is 8.25. The Labute approximate surface area is 374 Å². The zero-order valence-electron chi connectivity index (χ0n) is 42.7. The molecule has 4 aliphatic heterocycles. The monoisotopic (exact) mass is 861 g/mol. The lowest BCUT2D eigenvalue weighted by Gasteiger charge is -2.60. The van der Waals surface area contributed by atoms with Gasteiger partial charge < -0.3 is 29.6 Å². The Hall–Kier alpha value is -3.76. The Bertz CT molecular complexity index is 1970. The zero-order chi connectivity index (χ0) is 47.7. The molecular weight excluding hydrogens is 781 g/mol. The number of nitrogens with one attached hydrogen (secondary N) is 2. The van der Waals surface area contributed by atoms with Crippen LogP contribution < -0.4 is 10.6 Å². The Kier molecular flexibility index (Phi) is 11.4. The molecule has 2 amide bonds. The number of carbonyl (C=O) groups is 2. The molecule has 10 heteroatoms. The second kappa shape index (κ2) is 14.4. The second-order valence-corrected chi connectivity index (χ2v) is 26.1. The van der Waals surface area contributed by atoms with E-state index in [1.807, 2.05) is 95.2 Å². The highest BCUT2D eigenvalue weighted by atomic mass is 16.8. The summed E-state index contributed by atoms with van der Waals surface area (Å²) in [5.74, 6) is -4.15. The van der Waals surface area contributed by atoms with Crippen molar-refractivity contribution in [2.24, 2.45) is 43.3 Å². The number of carbonyl (C=O) groups excluding carboxylic acids is 2. The minimum atomic E-state index is -1.55. The van der Waals surface area contributed by atoms with Crippen LogP contribution in [0.25, 0.3) is 0 Å². The molecule has 4 aliphatic rings. The molecule has 0 spiro atoms. The van der Waals surface area contributed by atoms with Crippen molar-refractivity contribution in [1.29, 1.82) is 0 Å². The summed E-state index contributed by atoms with van der Waals surface area (Å²) in [5.41, 5.74) is -3.35. The molecule has 5 rings (SSSR count). The largest absolute Gasteiger partial charge is 0.461 e. The molecule has 4 atom stereocenters. The molecule has 0 aliphatic carbocycles. The molecule has 4 bridgehead atoms. The normalized spacial score (nSPS) is 27.5. The van der Waals surface area contributed by atoms with E-state index in [0.29, 0.717) is 34.4 Å². The van der Waals surface area contributed by atoms with Crippen molar-refractivity contribution in [2.45, 2.75) is 189 Å². The minimum absolute atomic E-state index is 0.254. The molecule has 1 aromatic carbocycles. The molecule has 0 saturated heterocycles. The van der Waals surface area contributed by atoms with Crippen molar-refractivity contribution in [1.82, 2.24) is 0 Å². The van der Waals surface area contributed by atoms with E-state index in [1.54, 1.807) is 24.3 Å². The third-order valence-corrected chi connectivity index (χ3v) is 12.1. The van der Waals surface area contributed by atoms with Gasteiger partial charge in [0.25, 0.3) is 23.4 Å². The van der Waals surface area contributed by atoms with Crippen molar-refractivity contribution in [3.05, 3.63) is 70.6 Å². The Morgan fingerprint density at radius 3 is 0.984 bits per heavy atom. The second-order valence-electron chi connectivity index (χ2n) is 26.1. The van der Waals surface area contributed by atoms with Gasteiger partial charge >= 0.3 is 0 Å². The zero-order valence-corrected chi connectivity index (χ0v) is 42.7. The Balaban J connectivity index is 1.63. The van der Waals surface area contributed by atoms with Crippen LogP contribution >= 0.6 is 0 Å². The summed E-state index contributed by atoms with van der Waals surface area (Å²) in [4.78, 5) is 30.3. The van der Waals surface area contributed by atoms with Crippen molar-refractivity contribution in [3.63, 3.8) is 0 Å². The van der Waals surface area contributed by atoms with Crippen LogP contribution in [-0.2, 0) is 38.0 Å². The van der Waals surface area contributed by atoms with Crippen LogP contribution in [0, 0.1) is 43.3 Å². The van der Waals surface area contributed by atoms with E-state index in [0.717, 1.165) is 0 Å². The van der Waals surface area contributed by atoms with Crippen molar-refractivity contribution < 1.29 is 38.0 Å². The molecule has 0 radical (unpaired) electrons. The maximum Gasteiger partial charge on any atom is 0.261 e. The van der Waals surface area contributed by atoms with Gasteiger partial charge in [-0.3, -0.25) is 19.1 Å². The molecule has 0 aromatic heterocycles. The van der Waals surface area contributed by atoms with Gasteiger partial charge in [-0.05, 0) is 18.2 Å². The molecule has 2 N–H and O–H groups in total. The fraction of sp³-hybridized carbons (Fsp3) is 0.692. The first-order valence-electron chi connectivity index (χ1n) is 22.3. The van der Waals surface area contributed by atoms with E-state index in [4.69, 9.17) is 28.4 Å². The summed E-state index contributed by atoms with van der Waals surface area (Å²) in [6.45, 7) is 49.2. The molecular formula is C52H80N2O8. The number of fused-ring (bicyclic) bond motifs is 4. The summed E-state index contributed by atoms with van der Waals surface area (Å²) < 4.78 is 42.4. The molecule has 10 nitrogen and oxygen atoms in total. The molecule has 346 valence electrons. The maximum absolute atomic E-state index is 15.1. The molecule has 0 fully saturated rings. The number of allylic oxidation sites excluding steroid dienone is 4. The van der Waals surface area contributed by atoms with Crippen molar-refractivity contribution in [3.8, 4) is 0 Å². The van der Waals surface area contributed by atoms with Gasteiger partial charge in [0.1, 0.15) is 34.2 Å². The first-order chi connectivity index (χ1) is 27.5. The first-order valence-corrected chi connectivity index (χ1v) is 22.3. The SMILES string of the molecule is CC(C)(C)C1=CC2(C(C)(C)C)OC(C(C)(C)C)=C(C(=O)Nc3cccc(NC(=O)C4=C(C(C)(C)C)OC5(C(C)(C)C)C=C(C(C)(C)C)OC4(C(C)(C)C)O5)c3)C(C(C)(C)C)(O1)O2. The fourth-order valence-corrected chi connectivity index (χ4v) is 8.02. The number of hydrogen-bond donors (Lipinski definition) is 2. The quantitative estimate of drug-likeness (QED) is 0.308. The van der Waals surface area contributed by atoms with Crippen molar-refractivity contribution >= 4 is 23.2 Å². The number of rotatable bonds is 4. The highest BCUT2D eigenvalue weighted by molar-refractivity contribution is 6.08. The minimum Gasteiger partial charge on any atom is -0.461 e. The highest BCUT2D eigenvalue weighted by Gasteiger charge is 2.69. The number of amides is 2. The topological polar surface area (TPSA) is 114 Å². The van der Waals surface area contributed by atoms with E-state index in [2.05, 4.69) is 93.7 Å². The van der Waals surface area contributed by atoms with Crippen LogP contribution in [-0.4, -0.2) is 35.0 Å². The standard InChI is InChI=1S/C52H80N2O8/c1-41(2,3)33-29-49(45(13,14)15)59-37(43(7,8)9)35(51(57-33,61-49)47(19,20)21)39(55)53-31-26-25-27-32(28-31)54-40(56)36-38(44(10,11)12)60-50(46(16,17)18)30-34(42(4,5)6)58-52(36,62-50)48(22,23)24/h25-30H,1-24H3,(H,53,55)(H,54,56). The summed E-state index contributed by atoms with van der Waals surface area (Å²) in [6.07, 6.45) is 3.91. The highest BCUT2D eigenvalue weighted by Crippen LogP contribution is 2.62. The van der Waals surface area contributed by atoms with E-state index < -0.39 is 78.3 Å². The number of benzene rings is 1. The number of anilines is 2. The van der Waals surface area contributed by atoms with Crippen LogP contribution in [0.4, 0.5) is 11.4 Å². The third-order valence-electron chi connectivity index (χ3n) is 12.1. The van der Waals surface area contributed by atoms with Gasteiger partial charge in [0.05, 0.1) is 0 Å². The smallest absolute Gasteiger partial charge is 0.261 e. The predicted octanol–water partition coefficient (Wildman–Crippen LogP) is 13.1. The van der Waals surface area contributed by atoms with Crippen LogP contribution in [0.1, 0.15) is 166 Å². The molecule has 4 unspecified atom stereocenters. The summed E-state index contributed by atoms with van der Waals surface area (Å²) in [5, 5.41) is 6.31. The fourth-order valence-electron chi connectivity index (χ4n) is 8.02.